The number of carbonyl (C=O) groups excluding carboxylic acids is 2. The Kier molecular flexibility index (Phi) is 7.37. The molecule has 1 saturated heterocycles. The molecule has 1 aromatic heterocycles. The van der Waals surface area contributed by atoms with E-state index < -0.39 is 0 Å². The van der Waals surface area contributed by atoms with Gasteiger partial charge in [-0.3, -0.25) is 9.59 Å². The molecule has 1 N–H and O–H groups in total. The molecule has 0 unspecified atom stereocenters. The van der Waals surface area contributed by atoms with Crippen LogP contribution in [-0.4, -0.2) is 42.1 Å². The van der Waals surface area contributed by atoms with Crippen molar-refractivity contribution in [1.29, 1.82) is 0 Å². The first-order valence-corrected chi connectivity index (χ1v) is 10.6. The molecule has 2 heterocycles. The second-order valence-corrected chi connectivity index (χ2v) is 8.37. The molecule has 30 heavy (non-hydrogen) atoms. The lowest BCUT2D eigenvalue weighted by molar-refractivity contribution is -0.116. The van der Waals surface area contributed by atoms with Crippen molar-refractivity contribution >= 4 is 29.1 Å². The van der Waals surface area contributed by atoms with Gasteiger partial charge in [-0.15, -0.1) is 0 Å². The van der Waals surface area contributed by atoms with Crippen molar-refractivity contribution in [2.24, 2.45) is 5.92 Å². The minimum Gasteiger partial charge on any atom is -0.495 e. The molecule has 1 fully saturated rings. The van der Waals surface area contributed by atoms with Crippen molar-refractivity contribution < 1.29 is 18.8 Å². The number of piperidine rings is 1. The first kappa shape index (κ1) is 22.2. The summed E-state index contributed by atoms with van der Waals surface area (Å²) in [6.07, 6.45) is 3.01. The molecule has 1 aliphatic rings. The van der Waals surface area contributed by atoms with Gasteiger partial charge in [0.2, 0.25) is 11.7 Å². The zero-order chi connectivity index (χ0) is 21.7. The first-order chi connectivity index (χ1) is 14.4. The van der Waals surface area contributed by atoms with E-state index in [4.69, 9.17) is 20.9 Å². The fraction of sp³-hybridized carbons (Fsp3) is 0.500. The molecule has 2 aromatic rings. The highest BCUT2D eigenvalue weighted by Gasteiger charge is 2.27. The van der Waals surface area contributed by atoms with Gasteiger partial charge in [-0.25, -0.2) is 0 Å². The lowest BCUT2D eigenvalue weighted by Gasteiger charge is -2.32. The quantitative estimate of drug-likeness (QED) is 0.682. The van der Waals surface area contributed by atoms with Crippen molar-refractivity contribution in [2.75, 3.05) is 25.5 Å². The minimum absolute atomic E-state index is 0.0727. The van der Waals surface area contributed by atoms with E-state index in [1.165, 1.54) is 0 Å². The van der Waals surface area contributed by atoms with E-state index >= 15 is 0 Å². The molecule has 162 valence electrons. The van der Waals surface area contributed by atoms with Crippen LogP contribution < -0.4 is 10.1 Å². The predicted octanol–water partition coefficient (Wildman–Crippen LogP) is 4.73. The first-order valence-electron chi connectivity index (χ1n) is 10.3. The standard InChI is InChI=1S/C22H28ClN3O4/c1-14(2)18-12-20(30-25-18)22(28)26-10-4-5-15(13-26)6-9-21(27)24-16-7-8-19(29-3)17(23)11-16/h7-8,11-12,14-15H,4-6,9-10,13H2,1-3H3,(H,24,27)/t15-/m1/s1. The van der Waals surface area contributed by atoms with Gasteiger partial charge in [0, 0.05) is 31.3 Å². The van der Waals surface area contributed by atoms with Crippen LogP contribution in [0.1, 0.15) is 61.7 Å². The number of nitrogens with one attached hydrogen (secondary N) is 1. The third-order valence-corrected chi connectivity index (χ3v) is 5.65. The molecule has 0 spiro atoms. The molecule has 8 heteroatoms. The lowest BCUT2D eigenvalue weighted by Crippen LogP contribution is -2.40. The monoisotopic (exact) mass is 433 g/mol. The Morgan fingerprint density at radius 3 is 2.83 bits per heavy atom. The van der Waals surface area contributed by atoms with Crippen molar-refractivity contribution in [3.05, 3.63) is 40.7 Å². The third-order valence-electron chi connectivity index (χ3n) is 5.35. The van der Waals surface area contributed by atoms with Crippen molar-refractivity contribution in [3.63, 3.8) is 0 Å². The molecule has 1 atom stereocenters. The smallest absolute Gasteiger partial charge is 0.292 e. The van der Waals surface area contributed by atoms with Gasteiger partial charge in [-0.05, 0) is 49.3 Å². The summed E-state index contributed by atoms with van der Waals surface area (Å²) in [6, 6.07) is 6.87. The van der Waals surface area contributed by atoms with Crippen LogP contribution in [0, 0.1) is 5.92 Å². The van der Waals surface area contributed by atoms with E-state index in [9.17, 15) is 9.59 Å². The van der Waals surface area contributed by atoms with Crippen LogP contribution in [0.2, 0.25) is 5.02 Å². The highest BCUT2D eigenvalue weighted by molar-refractivity contribution is 6.32. The van der Waals surface area contributed by atoms with Crippen molar-refractivity contribution in [3.8, 4) is 5.75 Å². The maximum Gasteiger partial charge on any atom is 0.292 e. The number of nitrogens with zero attached hydrogens (tertiary/aromatic N) is 2. The molecule has 7 nitrogen and oxygen atoms in total. The molecule has 0 saturated carbocycles. The van der Waals surface area contributed by atoms with Gasteiger partial charge in [0.15, 0.2) is 0 Å². The lowest BCUT2D eigenvalue weighted by atomic mass is 9.93. The summed E-state index contributed by atoms with van der Waals surface area (Å²) in [4.78, 5) is 26.9. The molecular weight excluding hydrogens is 406 g/mol. The van der Waals surface area contributed by atoms with Gasteiger partial charge in [-0.1, -0.05) is 30.6 Å². The average molecular weight is 434 g/mol. The van der Waals surface area contributed by atoms with Crippen LogP contribution in [0.5, 0.6) is 5.75 Å². The summed E-state index contributed by atoms with van der Waals surface area (Å²) in [7, 11) is 1.54. The number of benzene rings is 1. The number of likely N-dealkylation sites (tertiary alicyclic amines) is 1. The Balaban J connectivity index is 1.50. The molecule has 1 aliphatic heterocycles. The van der Waals surface area contributed by atoms with E-state index in [0.717, 1.165) is 18.5 Å². The fourth-order valence-corrected chi connectivity index (χ4v) is 3.86. The summed E-state index contributed by atoms with van der Waals surface area (Å²) in [5, 5.41) is 7.29. The normalized spacial score (nSPS) is 16.6. The Morgan fingerprint density at radius 2 is 2.17 bits per heavy atom. The highest BCUT2D eigenvalue weighted by Crippen LogP contribution is 2.28. The minimum atomic E-state index is -0.128. The molecule has 1 aromatic carbocycles. The summed E-state index contributed by atoms with van der Waals surface area (Å²) >= 11 is 6.10. The van der Waals surface area contributed by atoms with Crippen LogP contribution in [-0.2, 0) is 4.79 Å². The van der Waals surface area contributed by atoms with E-state index in [1.54, 1.807) is 36.3 Å². The van der Waals surface area contributed by atoms with Crippen LogP contribution in [0.15, 0.2) is 28.8 Å². The van der Waals surface area contributed by atoms with E-state index in [-0.39, 0.29) is 29.4 Å². The number of rotatable bonds is 7. The second-order valence-electron chi connectivity index (χ2n) is 7.97. The second kappa shape index (κ2) is 9.98. The van der Waals surface area contributed by atoms with Crippen LogP contribution >= 0.6 is 11.6 Å². The largest absolute Gasteiger partial charge is 0.495 e. The van der Waals surface area contributed by atoms with E-state index in [0.29, 0.717) is 42.4 Å². The molecule has 0 bridgehead atoms. The number of carbonyl (C=O) groups is 2. The Hall–Kier alpha value is -2.54. The molecule has 0 radical (unpaired) electrons. The van der Waals surface area contributed by atoms with Crippen LogP contribution in [0.25, 0.3) is 0 Å². The molecular formula is C22H28ClN3O4. The molecule has 0 aliphatic carbocycles. The number of amides is 2. The van der Waals surface area contributed by atoms with Gasteiger partial charge >= 0.3 is 0 Å². The van der Waals surface area contributed by atoms with Crippen LogP contribution in [0.4, 0.5) is 5.69 Å². The Labute approximate surface area is 181 Å². The topological polar surface area (TPSA) is 84.7 Å². The zero-order valence-electron chi connectivity index (χ0n) is 17.6. The number of ether oxygens (including phenoxy) is 1. The Morgan fingerprint density at radius 1 is 1.37 bits per heavy atom. The number of halogens is 1. The summed E-state index contributed by atoms with van der Waals surface area (Å²) in [6.45, 7) is 5.34. The highest BCUT2D eigenvalue weighted by atomic mass is 35.5. The van der Waals surface area contributed by atoms with Crippen molar-refractivity contribution in [2.45, 2.75) is 45.4 Å². The SMILES string of the molecule is COc1ccc(NC(=O)CC[C@H]2CCCN(C(=O)c3cc(C(C)C)no3)C2)cc1Cl. The summed E-state index contributed by atoms with van der Waals surface area (Å²) < 4.78 is 10.4. The average Bonchev–Trinajstić information content (AvgIpc) is 3.23. The van der Waals surface area contributed by atoms with Crippen molar-refractivity contribution in [1.82, 2.24) is 10.1 Å². The van der Waals surface area contributed by atoms with E-state index in [1.807, 2.05) is 13.8 Å². The fourth-order valence-electron chi connectivity index (χ4n) is 3.61. The van der Waals surface area contributed by atoms with Gasteiger partial charge < -0.3 is 19.5 Å². The maximum atomic E-state index is 12.7. The summed E-state index contributed by atoms with van der Waals surface area (Å²) in [5.74, 6) is 1.14. The number of hydrogen-bond acceptors (Lipinski definition) is 5. The summed E-state index contributed by atoms with van der Waals surface area (Å²) in [5.41, 5.74) is 1.42. The Bertz CT molecular complexity index is 896. The van der Waals surface area contributed by atoms with Gasteiger partial charge in [0.25, 0.3) is 5.91 Å². The van der Waals surface area contributed by atoms with E-state index in [2.05, 4.69) is 10.5 Å². The van der Waals surface area contributed by atoms with Gasteiger partial charge in [0.05, 0.1) is 17.8 Å². The molecule has 2 amide bonds. The predicted molar refractivity (Wildman–Crippen MR) is 115 cm³/mol. The van der Waals surface area contributed by atoms with Crippen LogP contribution in [0.3, 0.4) is 0 Å². The number of hydrogen-bond donors (Lipinski definition) is 1. The van der Waals surface area contributed by atoms with Gasteiger partial charge in [-0.2, -0.15) is 0 Å². The third kappa shape index (κ3) is 5.53. The zero-order valence-corrected chi connectivity index (χ0v) is 18.4. The number of aromatic nitrogens is 1. The molecule has 3 rings (SSSR count). The number of anilines is 1. The van der Waals surface area contributed by atoms with Gasteiger partial charge in [0.1, 0.15) is 5.75 Å². The number of methoxy groups -OCH3 is 1. The maximum absolute atomic E-state index is 12.7.